The van der Waals surface area contributed by atoms with E-state index in [1.165, 1.54) is 0 Å². The molecule has 0 aromatic heterocycles. The third-order valence-electron chi connectivity index (χ3n) is 6.32. The highest BCUT2D eigenvalue weighted by Crippen LogP contribution is 2.36. The highest BCUT2D eigenvalue weighted by molar-refractivity contribution is 6.33. The summed E-state index contributed by atoms with van der Waals surface area (Å²) in [6.07, 6.45) is -0.671. The molecule has 0 radical (unpaired) electrons. The summed E-state index contributed by atoms with van der Waals surface area (Å²) < 4.78 is 0. The number of carbonyl (C=O) groups is 1. The first-order chi connectivity index (χ1) is 16.9. The summed E-state index contributed by atoms with van der Waals surface area (Å²) in [5.74, 6) is -0.186. The van der Waals surface area contributed by atoms with Crippen molar-refractivity contribution < 1.29 is 9.90 Å². The molecule has 1 aliphatic rings. The van der Waals surface area contributed by atoms with Crippen molar-refractivity contribution in [3.05, 3.63) is 99.0 Å². The second kappa shape index (κ2) is 11.1. The van der Waals surface area contributed by atoms with Gasteiger partial charge in [0, 0.05) is 43.8 Å². The van der Waals surface area contributed by atoms with Crippen LogP contribution in [0.4, 0.5) is 5.69 Å². The van der Waals surface area contributed by atoms with Crippen molar-refractivity contribution in [3.63, 3.8) is 0 Å². The number of nitriles is 1. The Morgan fingerprint density at radius 2 is 1.83 bits per heavy atom. The number of rotatable bonds is 6. The van der Waals surface area contributed by atoms with Gasteiger partial charge in [0.2, 0.25) is 0 Å². The minimum absolute atomic E-state index is 0.0301. The van der Waals surface area contributed by atoms with E-state index in [-0.39, 0.29) is 11.9 Å². The number of carbonyl (C=O) groups excluding carboxylic acids is 1. The Balaban J connectivity index is 1.58. The fourth-order valence-corrected chi connectivity index (χ4v) is 4.83. The maximum atomic E-state index is 12.0. The zero-order chi connectivity index (χ0) is 24.9. The van der Waals surface area contributed by atoms with Gasteiger partial charge in [-0.3, -0.25) is 9.69 Å². The molecule has 2 atom stereocenters. The van der Waals surface area contributed by atoms with Crippen molar-refractivity contribution in [2.45, 2.75) is 12.1 Å². The summed E-state index contributed by atoms with van der Waals surface area (Å²) in [5.41, 5.74) is 3.79. The van der Waals surface area contributed by atoms with E-state index in [2.05, 4.69) is 21.2 Å². The topological polar surface area (TPSA) is 79.6 Å². The highest BCUT2D eigenvalue weighted by Gasteiger charge is 2.31. The lowest BCUT2D eigenvalue weighted by Gasteiger charge is -2.44. The summed E-state index contributed by atoms with van der Waals surface area (Å²) in [5, 5.41) is 23.7. The van der Waals surface area contributed by atoms with Crippen LogP contribution in [0.3, 0.4) is 0 Å². The lowest BCUT2D eigenvalue weighted by molar-refractivity contribution is 0.0963. The molecule has 35 heavy (non-hydrogen) atoms. The monoisotopic (exact) mass is 508 g/mol. The molecule has 1 unspecified atom stereocenters. The summed E-state index contributed by atoms with van der Waals surface area (Å²) in [4.78, 5) is 16.5. The molecule has 0 saturated carbocycles. The molecule has 1 heterocycles. The summed E-state index contributed by atoms with van der Waals surface area (Å²) in [7, 11) is 1.59. The van der Waals surface area contributed by atoms with Gasteiger partial charge in [-0.25, -0.2) is 0 Å². The van der Waals surface area contributed by atoms with Crippen LogP contribution in [0.15, 0.2) is 66.7 Å². The van der Waals surface area contributed by atoms with E-state index in [1.807, 2.05) is 30.3 Å². The molecule has 0 aliphatic carbocycles. The molecule has 180 valence electrons. The highest BCUT2D eigenvalue weighted by atomic mass is 35.5. The molecular weight excluding hydrogens is 483 g/mol. The number of benzene rings is 3. The molecule has 1 fully saturated rings. The zero-order valence-electron chi connectivity index (χ0n) is 19.3. The van der Waals surface area contributed by atoms with Crippen molar-refractivity contribution >= 4 is 34.8 Å². The van der Waals surface area contributed by atoms with Gasteiger partial charge in [0.1, 0.15) is 0 Å². The van der Waals surface area contributed by atoms with Crippen LogP contribution in [0.2, 0.25) is 10.0 Å². The number of aliphatic hydroxyl groups excluding tert-OH is 1. The standard InChI is InChI=1S/C27H26Cl2N4O2/c1-31-27(35)21-8-11-24(23(29)14-21)33-13-12-32(16-25(33)19-6-9-22(28)10-7-19)17-26(34)20-4-2-18(15-30)3-5-20/h2-11,14,25-26,34H,12-13,16-17H2,1H3,(H,31,35)/t25-,26?/m0/s1. The van der Waals surface area contributed by atoms with Crippen molar-refractivity contribution in [2.24, 2.45) is 0 Å². The number of amides is 1. The first-order valence-electron chi connectivity index (χ1n) is 11.3. The summed E-state index contributed by atoms with van der Waals surface area (Å²) in [6.45, 7) is 2.55. The predicted octanol–water partition coefficient (Wildman–Crippen LogP) is 4.82. The van der Waals surface area contributed by atoms with Gasteiger partial charge in [0.05, 0.1) is 34.5 Å². The van der Waals surface area contributed by atoms with Crippen molar-refractivity contribution in [1.29, 1.82) is 5.26 Å². The van der Waals surface area contributed by atoms with Gasteiger partial charge >= 0.3 is 0 Å². The quantitative estimate of drug-likeness (QED) is 0.498. The van der Waals surface area contributed by atoms with Crippen molar-refractivity contribution in [3.8, 4) is 6.07 Å². The minimum atomic E-state index is -0.671. The SMILES string of the molecule is CNC(=O)c1ccc(N2CCN(CC(O)c3ccc(C#N)cc3)C[C@H]2c2ccc(Cl)cc2)c(Cl)c1. The molecule has 3 aromatic rings. The normalized spacial score (nSPS) is 17.0. The average Bonchev–Trinajstić information content (AvgIpc) is 2.88. The van der Waals surface area contributed by atoms with E-state index in [0.717, 1.165) is 23.4 Å². The summed E-state index contributed by atoms with van der Waals surface area (Å²) >= 11 is 12.8. The molecular formula is C27H26Cl2N4O2. The molecule has 8 heteroatoms. The number of piperazine rings is 1. The summed E-state index contributed by atoms with van der Waals surface area (Å²) in [6, 6.07) is 22.2. The second-order valence-corrected chi connectivity index (χ2v) is 9.36. The lowest BCUT2D eigenvalue weighted by atomic mass is 10.00. The second-order valence-electron chi connectivity index (χ2n) is 8.52. The van der Waals surface area contributed by atoms with E-state index in [0.29, 0.717) is 40.8 Å². The Morgan fingerprint density at radius 1 is 1.11 bits per heavy atom. The van der Waals surface area contributed by atoms with Crippen LogP contribution in [0.25, 0.3) is 0 Å². The van der Waals surface area contributed by atoms with E-state index in [1.54, 1.807) is 43.4 Å². The third kappa shape index (κ3) is 5.77. The molecule has 1 saturated heterocycles. The Bertz CT molecular complexity index is 1230. The van der Waals surface area contributed by atoms with E-state index in [4.69, 9.17) is 28.5 Å². The molecule has 1 amide bonds. The van der Waals surface area contributed by atoms with Crippen LogP contribution in [0.5, 0.6) is 0 Å². The zero-order valence-corrected chi connectivity index (χ0v) is 20.8. The van der Waals surface area contributed by atoms with Gasteiger partial charge in [0.25, 0.3) is 5.91 Å². The van der Waals surface area contributed by atoms with Crippen LogP contribution in [0.1, 0.15) is 39.2 Å². The van der Waals surface area contributed by atoms with Gasteiger partial charge in [-0.1, -0.05) is 47.5 Å². The number of anilines is 1. The fourth-order valence-electron chi connectivity index (χ4n) is 4.42. The van der Waals surface area contributed by atoms with Gasteiger partial charge in [-0.05, 0) is 53.6 Å². The number of β-amino-alcohol motifs (C(OH)–C–C–N with tert-alkyl or cyclic N) is 1. The molecule has 4 rings (SSSR count). The van der Waals surface area contributed by atoms with Crippen molar-refractivity contribution in [2.75, 3.05) is 38.1 Å². The van der Waals surface area contributed by atoms with Gasteiger partial charge in [0.15, 0.2) is 0 Å². The van der Waals surface area contributed by atoms with Crippen LogP contribution in [0, 0.1) is 11.3 Å². The Hall–Kier alpha value is -3.08. The largest absolute Gasteiger partial charge is 0.387 e. The maximum Gasteiger partial charge on any atom is 0.251 e. The van der Waals surface area contributed by atoms with E-state index >= 15 is 0 Å². The molecule has 0 spiro atoms. The number of nitrogens with one attached hydrogen (secondary N) is 1. The predicted molar refractivity (Wildman–Crippen MR) is 139 cm³/mol. The van der Waals surface area contributed by atoms with Crippen LogP contribution >= 0.6 is 23.2 Å². The van der Waals surface area contributed by atoms with Gasteiger partial charge in [-0.2, -0.15) is 5.26 Å². The average molecular weight is 509 g/mol. The molecule has 0 bridgehead atoms. The number of nitrogens with zero attached hydrogens (tertiary/aromatic N) is 3. The van der Waals surface area contributed by atoms with Gasteiger partial charge < -0.3 is 15.3 Å². The minimum Gasteiger partial charge on any atom is -0.387 e. The first-order valence-corrected chi connectivity index (χ1v) is 12.1. The maximum absolute atomic E-state index is 12.0. The van der Waals surface area contributed by atoms with Crippen molar-refractivity contribution in [1.82, 2.24) is 10.2 Å². The number of halogens is 2. The Kier molecular flexibility index (Phi) is 7.94. The number of aliphatic hydroxyl groups is 1. The molecule has 3 aromatic carbocycles. The smallest absolute Gasteiger partial charge is 0.251 e. The third-order valence-corrected chi connectivity index (χ3v) is 6.88. The van der Waals surface area contributed by atoms with E-state index in [9.17, 15) is 9.90 Å². The Morgan fingerprint density at radius 3 is 2.46 bits per heavy atom. The Labute approximate surface area is 215 Å². The van der Waals surface area contributed by atoms with Crippen LogP contribution < -0.4 is 10.2 Å². The lowest BCUT2D eigenvalue weighted by Crippen LogP contribution is -2.49. The molecule has 6 nitrogen and oxygen atoms in total. The number of hydrogen-bond acceptors (Lipinski definition) is 5. The molecule has 1 aliphatic heterocycles. The fraction of sp³-hybridized carbons (Fsp3) is 0.259. The van der Waals surface area contributed by atoms with Crippen LogP contribution in [-0.4, -0.2) is 49.1 Å². The molecule has 2 N–H and O–H groups in total. The van der Waals surface area contributed by atoms with E-state index < -0.39 is 6.10 Å². The van der Waals surface area contributed by atoms with Gasteiger partial charge in [-0.15, -0.1) is 0 Å². The number of hydrogen-bond donors (Lipinski definition) is 2. The van der Waals surface area contributed by atoms with Crippen LogP contribution in [-0.2, 0) is 0 Å². The first kappa shape index (κ1) is 25.0.